The second-order valence-electron chi connectivity index (χ2n) is 5.98. The Bertz CT molecular complexity index is 705. The van der Waals surface area contributed by atoms with E-state index in [4.69, 9.17) is 14.2 Å². The molecule has 24 heavy (non-hydrogen) atoms. The Morgan fingerprint density at radius 2 is 2.29 bits per heavy atom. The van der Waals surface area contributed by atoms with Crippen LogP contribution in [0.2, 0.25) is 0 Å². The molecule has 8 heteroatoms. The number of hydrogen-bond donors (Lipinski definition) is 2. The minimum atomic E-state index is -0.590. The van der Waals surface area contributed by atoms with Crippen molar-refractivity contribution in [1.29, 1.82) is 0 Å². The van der Waals surface area contributed by atoms with Crippen molar-refractivity contribution < 1.29 is 19.3 Å². The highest BCUT2D eigenvalue weighted by Crippen LogP contribution is 2.35. The van der Waals surface area contributed by atoms with Crippen LogP contribution in [0.15, 0.2) is 24.5 Å². The average molecular weight is 332 g/mol. The Labute approximate surface area is 139 Å². The summed E-state index contributed by atoms with van der Waals surface area (Å²) in [4.78, 5) is 4.21. The van der Waals surface area contributed by atoms with Crippen molar-refractivity contribution in [2.24, 2.45) is 0 Å². The molecule has 0 amide bonds. The van der Waals surface area contributed by atoms with Crippen LogP contribution in [0, 0.1) is 0 Å². The Morgan fingerprint density at radius 1 is 1.38 bits per heavy atom. The summed E-state index contributed by atoms with van der Waals surface area (Å²) in [5, 5.41) is 17.7. The number of fused-ring (bicyclic) bond motifs is 2. The third-order valence-electron chi connectivity index (χ3n) is 4.23. The summed E-state index contributed by atoms with van der Waals surface area (Å²) in [5.41, 5.74) is 0. The lowest BCUT2D eigenvalue weighted by molar-refractivity contribution is 0.101. The molecule has 0 fully saturated rings. The lowest BCUT2D eigenvalue weighted by Gasteiger charge is -2.24. The number of aryl methyl sites for hydroxylation is 1. The number of nitrogens with zero attached hydrogens (tertiary/aromatic N) is 3. The molecule has 0 unspecified atom stereocenters. The van der Waals surface area contributed by atoms with Gasteiger partial charge in [-0.15, -0.1) is 0 Å². The van der Waals surface area contributed by atoms with Crippen LogP contribution >= 0.6 is 0 Å². The van der Waals surface area contributed by atoms with Crippen LogP contribution in [-0.2, 0) is 13.0 Å². The van der Waals surface area contributed by atoms with Crippen molar-refractivity contribution >= 4 is 0 Å². The highest BCUT2D eigenvalue weighted by molar-refractivity contribution is 5.46. The van der Waals surface area contributed by atoms with Gasteiger partial charge in [-0.05, 0) is 18.6 Å². The van der Waals surface area contributed by atoms with Gasteiger partial charge in [-0.3, -0.25) is 0 Å². The number of aliphatic hydroxyl groups excluding tert-OH is 1. The Balaban J connectivity index is 1.22. The van der Waals surface area contributed by atoms with Crippen LogP contribution in [0.4, 0.5) is 0 Å². The van der Waals surface area contributed by atoms with Crippen molar-refractivity contribution in [2.45, 2.75) is 31.5 Å². The first-order valence-corrected chi connectivity index (χ1v) is 8.08. The summed E-state index contributed by atoms with van der Waals surface area (Å²) >= 11 is 0. The predicted octanol–water partition coefficient (Wildman–Crippen LogP) is 0.351. The zero-order chi connectivity index (χ0) is 16.4. The smallest absolute Gasteiger partial charge is 0.231 e. The van der Waals surface area contributed by atoms with E-state index in [1.165, 1.54) is 0 Å². The van der Waals surface area contributed by atoms with Gasteiger partial charge in [-0.1, -0.05) is 0 Å². The third kappa shape index (κ3) is 3.29. The van der Waals surface area contributed by atoms with Gasteiger partial charge in [-0.2, -0.15) is 5.10 Å². The minimum absolute atomic E-state index is 0.216. The molecule has 2 aromatic rings. The molecule has 0 spiro atoms. The minimum Gasteiger partial charge on any atom is -0.491 e. The van der Waals surface area contributed by atoms with Gasteiger partial charge in [0.15, 0.2) is 11.5 Å². The number of hydrogen-bond acceptors (Lipinski definition) is 7. The number of benzene rings is 1. The molecule has 2 atom stereocenters. The molecule has 1 aromatic heterocycles. The van der Waals surface area contributed by atoms with Gasteiger partial charge in [0, 0.05) is 25.1 Å². The SMILES string of the molecule is O[C@H](CN[C@@H]1CCc2ncnn2C1)COc1ccc2c(c1)OCO2. The largest absolute Gasteiger partial charge is 0.491 e. The molecule has 2 aliphatic rings. The number of aromatic nitrogens is 3. The summed E-state index contributed by atoms with van der Waals surface area (Å²) < 4.78 is 18.1. The highest BCUT2D eigenvalue weighted by atomic mass is 16.7. The molecule has 0 radical (unpaired) electrons. The van der Waals surface area contributed by atoms with E-state index >= 15 is 0 Å². The van der Waals surface area contributed by atoms with E-state index in [9.17, 15) is 5.11 Å². The van der Waals surface area contributed by atoms with E-state index in [0.717, 1.165) is 25.2 Å². The molecule has 0 aliphatic carbocycles. The normalized spacial score (nSPS) is 19.8. The fraction of sp³-hybridized carbons (Fsp3) is 0.500. The van der Waals surface area contributed by atoms with Crippen molar-refractivity contribution in [3.8, 4) is 17.2 Å². The van der Waals surface area contributed by atoms with Crippen LogP contribution in [0.5, 0.6) is 17.2 Å². The molecule has 4 rings (SSSR count). The van der Waals surface area contributed by atoms with E-state index in [2.05, 4.69) is 15.4 Å². The quantitative estimate of drug-likeness (QED) is 0.789. The summed E-state index contributed by atoms with van der Waals surface area (Å²) in [6, 6.07) is 5.68. The van der Waals surface area contributed by atoms with Gasteiger partial charge in [0.05, 0.1) is 6.54 Å². The first-order chi connectivity index (χ1) is 11.8. The fourth-order valence-electron chi connectivity index (χ4n) is 2.92. The predicted molar refractivity (Wildman–Crippen MR) is 84.2 cm³/mol. The van der Waals surface area contributed by atoms with E-state index in [0.29, 0.717) is 29.8 Å². The van der Waals surface area contributed by atoms with Crippen LogP contribution in [-0.4, -0.2) is 52.0 Å². The maximum atomic E-state index is 10.1. The third-order valence-corrected chi connectivity index (χ3v) is 4.23. The summed E-state index contributed by atoms with van der Waals surface area (Å²) in [5.74, 6) is 3.07. The molecule has 8 nitrogen and oxygen atoms in total. The molecule has 2 N–H and O–H groups in total. The van der Waals surface area contributed by atoms with Gasteiger partial charge in [0.1, 0.15) is 30.6 Å². The molecule has 2 aliphatic heterocycles. The number of ether oxygens (including phenoxy) is 3. The number of rotatable bonds is 6. The molecular formula is C16H20N4O4. The summed E-state index contributed by atoms with van der Waals surface area (Å²) in [6.07, 6.45) is 2.90. The monoisotopic (exact) mass is 332 g/mol. The summed E-state index contributed by atoms with van der Waals surface area (Å²) in [6.45, 7) is 1.71. The van der Waals surface area contributed by atoms with Crippen LogP contribution in [0.25, 0.3) is 0 Å². The first-order valence-electron chi connectivity index (χ1n) is 8.08. The maximum Gasteiger partial charge on any atom is 0.231 e. The zero-order valence-electron chi connectivity index (χ0n) is 13.2. The van der Waals surface area contributed by atoms with E-state index in [-0.39, 0.29) is 13.4 Å². The molecule has 0 saturated heterocycles. The molecule has 0 bridgehead atoms. The Morgan fingerprint density at radius 3 is 3.25 bits per heavy atom. The standard InChI is InChI=1S/C16H20N4O4/c21-12(6-17-11-1-4-16-18-9-19-20(16)7-11)8-22-13-2-3-14-15(5-13)24-10-23-14/h2-3,5,9,11-12,17,21H,1,4,6-8,10H2/t11-,12-/m1/s1. The second kappa shape index (κ2) is 6.66. The average Bonchev–Trinajstić information content (AvgIpc) is 3.25. The summed E-state index contributed by atoms with van der Waals surface area (Å²) in [7, 11) is 0. The topological polar surface area (TPSA) is 90.7 Å². The molecule has 128 valence electrons. The molecule has 0 saturated carbocycles. The van der Waals surface area contributed by atoms with Gasteiger partial charge in [-0.25, -0.2) is 9.67 Å². The van der Waals surface area contributed by atoms with E-state index < -0.39 is 6.10 Å². The van der Waals surface area contributed by atoms with Gasteiger partial charge in [0.2, 0.25) is 6.79 Å². The molecule has 1 aromatic carbocycles. The first kappa shape index (κ1) is 15.2. The fourth-order valence-corrected chi connectivity index (χ4v) is 2.92. The van der Waals surface area contributed by atoms with Gasteiger partial charge in [0.25, 0.3) is 0 Å². The number of aliphatic hydroxyl groups is 1. The lowest BCUT2D eigenvalue weighted by atomic mass is 10.1. The second-order valence-corrected chi connectivity index (χ2v) is 5.98. The van der Waals surface area contributed by atoms with Crippen molar-refractivity contribution in [1.82, 2.24) is 20.1 Å². The van der Waals surface area contributed by atoms with E-state index in [1.54, 1.807) is 24.5 Å². The lowest BCUT2D eigenvalue weighted by Crippen LogP contribution is -2.42. The maximum absolute atomic E-state index is 10.1. The molecular weight excluding hydrogens is 312 g/mol. The van der Waals surface area contributed by atoms with Crippen molar-refractivity contribution in [2.75, 3.05) is 19.9 Å². The van der Waals surface area contributed by atoms with Gasteiger partial charge < -0.3 is 24.6 Å². The van der Waals surface area contributed by atoms with E-state index in [1.807, 2.05) is 4.68 Å². The van der Waals surface area contributed by atoms with Crippen LogP contribution in [0.1, 0.15) is 12.2 Å². The van der Waals surface area contributed by atoms with Crippen molar-refractivity contribution in [3.63, 3.8) is 0 Å². The van der Waals surface area contributed by atoms with Gasteiger partial charge >= 0.3 is 0 Å². The van der Waals surface area contributed by atoms with Crippen LogP contribution < -0.4 is 19.5 Å². The Hall–Kier alpha value is -2.32. The zero-order valence-corrected chi connectivity index (χ0v) is 13.2. The molecule has 3 heterocycles. The number of nitrogens with one attached hydrogen (secondary N) is 1. The highest BCUT2D eigenvalue weighted by Gasteiger charge is 2.20. The van der Waals surface area contributed by atoms with Crippen molar-refractivity contribution in [3.05, 3.63) is 30.4 Å². The Kier molecular flexibility index (Phi) is 4.22. The van der Waals surface area contributed by atoms with Crippen LogP contribution in [0.3, 0.4) is 0 Å².